The second-order valence-electron chi connectivity index (χ2n) is 3.49. The lowest BCUT2D eigenvalue weighted by Gasteiger charge is -2.05. The zero-order valence-electron chi connectivity index (χ0n) is 9.74. The summed E-state index contributed by atoms with van der Waals surface area (Å²) >= 11 is 0. The number of ether oxygens (including phenoxy) is 1. The molecule has 0 fully saturated rings. The summed E-state index contributed by atoms with van der Waals surface area (Å²) in [5.74, 6) is -0.899. The van der Waals surface area contributed by atoms with Crippen molar-refractivity contribution in [2.45, 2.75) is 18.2 Å². The van der Waals surface area contributed by atoms with E-state index >= 15 is 0 Å². The van der Waals surface area contributed by atoms with Crippen LogP contribution < -0.4 is 4.74 Å². The molecule has 0 aliphatic rings. The molecule has 8 heteroatoms. The minimum absolute atomic E-state index is 0.0605. The molecule has 0 aromatic heterocycles. The average Bonchev–Trinajstić information content (AvgIpc) is 2.27. The van der Waals surface area contributed by atoms with E-state index in [1.807, 2.05) is 0 Å². The molecule has 0 heterocycles. The van der Waals surface area contributed by atoms with Crippen LogP contribution in [-0.2, 0) is 14.6 Å². The number of sulfone groups is 1. The van der Waals surface area contributed by atoms with Gasteiger partial charge in [0.1, 0.15) is 0 Å². The Balaban J connectivity index is 3.30. The second-order valence-corrected chi connectivity index (χ2v) is 5.50. The van der Waals surface area contributed by atoms with Gasteiger partial charge in [-0.1, -0.05) is 6.92 Å². The Morgan fingerprint density at radius 1 is 1.44 bits per heavy atom. The molecule has 1 rings (SSSR count). The normalized spacial score (nSPS) is 11.0. The largest absolute Gasteiger partial charge is 0.419 e. The van der Waals surface area contributed by atoms with Gasteiger partial charge in [0, 0.05) is 18.7 Å². The van der Waals surface area contributed by atoms with Crippen molar-refractivity contribution in [1.29, 1.82) is 0 Å². The first-order chi connectivity index (χ1) is 8.25. The Morgan fingerprint density at radius 2 is 2.06 bits per heavy atom. The molecule has 0 spiro atoms. The Morgan fingerprint density at radius 3 is 2.50 bits per heavy atom. The molecule has 0 aliphatic carbocycles. The van der Waals surface area contributed by atoms with Crippen LogP contribution in [-0.4, -0.2) is 25.6 Å². The predicted molar refractivity (Wildman–Crippen MR) is 62.1 cm³/mol. The summed E-state index contributed by atoms with van der Waals surface area (Å²) < 4.78 is 27.3. The monoisotopic (exact) mass is 273 g/mol. The first kappa shape index (κ1) is 14.1. The Labute approximate surface area is 103 Å². The standard InChI is InChI=1S/C10H11NO6S/c1-3-10(12)17-9-5-4-7(18(2,15)16)6-8(9)11(13)14/h4-6H,3H2,1-2H3. The molecule has 0 radical (unpaired) electrons. The van der Waals surface area contributed by atoms with E-state index in [0.717, 1.165) is 24.5 Å². The molecule has 0 bridgehead atoms. The molecule has 0 saturated heterocycles. The van der Waals surface area contributed by atoms with Crippen molar-refractivity contribution < 1.29 is 22.9 Å². The van der Waals surface area contributed by atoms with Crippen molar-refractivity contribution in [2.24, 2.45) is 0 Å². The number of carbonyl (C=O) groups excluding carboxylic acids is 1. The van der Waals surface area contributed by atoms with E-state index in [-0.39, 0.29) is 17.1 Å². The van der Waals surface area contributed by atoms with Gasteiger partial charge in [0.05, 0.1) is 9.82 Å². The minimum Gasteiger partial charge on any atom is -0.419 e. The van der Waals surface area contributed by atoms with Crippen molar-refractivity contribution in [3.63, 3.8) is 0 Å². The first-order valence-electron chi connectivity index (χ1n) is 4.95. The lowest BCUT2D eigenvalue weighted by molar-refractivity contribution is -0.385. The molecule has 0 unspecified atom stereocenters. The van der Waals surface area contributed by atoms with Gasteiger partial charge in [-0.15, -0.1) is 0 Å². The van der Waals surface area contributed by atoms with Crippen LogP contribution in [0.3, 0.4) is 0 Å². The lowest BCUT2D eigenvalue weighted by Crippen LogP contribution is -2.08. The molecule has 0 saturated carbocycles. The molecule has 0 amide bonds. The summed E-state index contributed by atoms with van der Waals surface area (Å²) in [6, 6.07) is 3.12. The van der Waals surface area contributed by atoms with Crippen LogP contribution in [0.2, 0.25) is 0 Å². The fourth-order valence-corrected chi connectivity index (χ4v) is 1.79. The molecular formula is C10H11NO6S. The molecule has 0 atom stereocenters. The van der Waals surface area contributed by atoms with E-state index < -0.39 is 26.4 Å². The van der Waals surface area contributed by atoms with Crippen LogP contribution in [0.15, 0.2) is 23.1 Å². The number of esters is 1. The van der Waals surface area contributed by atoms with E-state index in [4.69, 9.17) is 4.74 Å². The van der Waals surface area contributed by atoms with Gasteiger partial charge < -0.3 is 4.74 Å². The summed E-state index contributed by atoms with van der Waals surface area (Å²) in [7, 11) is -3.55. The summed E-state index contributed by atoms with van der Waals surface area (Å²) in [4.78, 5) is 20.9. The van der Waals surface area contributed by atoms with Gasteiger partial charge in [0.15, 0.2) is 9.84 Å². The van der Waals surface area contributed by atoms with Crippen LogP contribution in [0.5, 0.6) is 5.75 Å². The second kappa shape index (κ2) is 5.13. The van der Waals surface area contributed by atoms with Crippen molar-refractivity contribution in [3.05, 3.63) is 28.3 Å². The number of hydrogen-bond acceptors (Lipinski definition) is 6. The van der Waals surface area contributed by atoms with E-state index in [2.05, 4.69) is 0 Å². The summed E-state index contributed by atoms with van der Waals surface area (Å²) in [5, 5.41) is 10.8. The van der Waals surface area contributed by atoms with Gasteiger partial charge in [0.25, 0.3) is 0 Å². The zero-order valence-corrected chi connectivity index (χ0v) is 10.6. The quantitative estimate of drug-likeness (QED) is 0.354. The smallest absolute Gasteiger partial charge is 0.312 e. The predicted octanol–water partition coefficient (Wildman–Crippen LogP) is 1.31. The van der Waals surface area contributed by atoms with Crippen LogP contribution >= 0.6 is 0 Å². The van der Waals surface area contributed by atoms with E-state index in [1.165, 1.54) is 0 Å². The third kappa shape index (κ3) is 3.27. The zero-order chi connectivity index (χ0) is 13.9. The Kier molecular flexibility index (Phi) is 4.02. The highest BCUT2D eigenvalue weighted by Crippen LogP contribution is 2.29. The average molecular weight is 273 g/mol. The highest BCUT2D eigenvalue weighted by atomic mass is 32.2. The molecule has 18 heavy (non-hydrogen) atoms. The summed E-state index contributed by atoms with van der Waals surface area (Å²) in [5.41, 5.74) is -0.556. The first-order valence-corrected chi connectivity index (χ1v) is 6.84. The summed E-state index contributed by atoms with van der Waals surface area (Å²) in [6.45, 7) is 1.54. The van der Waals surface area contributed by atoms with Crippen molar-refractivity contribution in [2.75, 3.05) is 6.26 Å². The van der Waals surface area contributed by atoms with E-state index in [0.29, 0.717) is 0 Å². The number of carbonyl (C=O) groups is 1. The highest BCUT2D eigenvalue weighted by Gasteiger charge is 2.21. The molecule has 1 aromatic carbocycles. The number of rotatable bonds is 4. The maximum absolute atomic E-state index is 11.3. The van der Waals surface area contributed by atoms with Gasteiger partial charge in [-0.25, -0.2) is 8.42 Å². The van der Waals surface area contributed by atoms with Crippen LogP contribution in [0, 0.1) is 10.1 Å². The van der Waals surface area contributed by atoms with Crippen LogP contribution in [0.25, 0.3) is 0 Å². The maximum Gasteiger partial charge on any atom is 0.312 e. The van der Waals surface area contributed by atoms with Crippen molar-refractivity contribution >= 4 is 21.5 Å². The molecule has 0 N–H and O–H groups in total. The molecule has 1 aromatic rings. The topological polar surface area (TPSA) is 104 Å². The molecular weight excluding hydrogens is 262 g/mol. The van der Waals surface area contributed by atoms with Crippen LogP contribution in [0.1, 0.15) is 13.3 Å². The third-order valence-electron chi connectivity index (χ3n) is 2.07. The molecule has 98 valence electrons. The van der Waals surface area contributed by atoms with Gasteiger partial charge in [-0.2, -0.15) is 0 Å². The van der Waals surface area contributed by atoms with Crippen LogP contribution in [0.4, 0.5) is 5.69 Å². The van der Waals surface area contributed by atoms with E-state index in [1.54, 1.807) is 6.92 Å². The lowest BCUT2D eigenvalue weighted by atomic mass is 10.3. The molecule has 0 aliphatic heterocycles. The number of nitro groups is 1. The Bertz CT molecular complexity index is 592. The van der Waals surface area contributed by atoms with Crippen molar-refractivity contribution in [3.8, 4) is 5.75 Å². The highest BCUT2D eigenvalue weighted by molar-refractivity contribution is 7.90. The number of benzene rings is 1. The van der Waals surface area contributed by atoms with Gasteiger partial charge in [-0.05, 0) is 12.1 Å². The fourth-order valence-electron chi connectivity index (χ4n) is 1.15. The third-order valence-corrected chi connectivity index (χ3v) is 3.18. The molecule has 7 nitrogen and oxygen atoms in total. The number of nitro benzene ring substituents is 1. The van der Waals surface area contributed by atoms with Gasteiger partial charge >= 0.3 is 11.7 Å². The van der Waals surface area contributed by atoms with Crippen molar-refractivity contribution in [1.82, 2.24) is 0 Å². The Hall–Kier alpha value is -1.96. The number of hydrogen-bond donors (Lipinski definition) is 0. The maximum atomic E-state index is 11.3. The fraction of sp³-hybridized carbons (Fsp3) is 0.300. The van der Waals surface area contributed by atoms with E-state index in [9.17, 15) is 23.3 Å². The SMILES string of the molecule is CCC(=O)Oc1ccc(S(C)(=O)=O)cc1[N+](=O)[O-]. The van der Waals surface area contributed by atoms with Gasteiger partial charge in [0.2, 0.25) is 5.75 Å². The summed E-state index contributed by atoms with van der Waals surface area (Å²) in [6.07, 6.45) is 0.995. The minimum atomic E-state index is -3.55. The van der Waals surface area contributed by atoms with Gasteiger partial charge in [-0.3, -0.25) is 14.9 Å². The number of nitrogens with zero attached hydrogens (tertiary/aromatic N) is 1.